The minimum absolute atomic E-state index is 0.0988. The molecule has 0 atom stereocenters. The summed E-state index contributed by atoms with van der Waals surface area (Å²) in [7, 11) is 0. The van der Waals surface area contributed by atoms with Gasteiger partial charge in [-0.15, -0.1) is 11.8 Å². The van der Waals surface area contributed by atoms with Crippen LogP contribution in [0.25, 0.3) is 0 Å². The van der Waals surface area contributed by atoms with E-state index in [0.29, 0.717) is 13.2 Å². The highest BCUT2D eigenvalue weighted by atomic mass is 32.2. The van der Waals surface area contributed by atoms with Gasteiger partial charge in [-0.2, -0.15) is 0 Å². The number of hydrogen-bond acceptors (Lipinski definition) is 3. The summed E-state index contributed by atoms with van der Waals surface area (Å²) in [5.41, 5.74) is 1.71. The van der Waals surface area contributed by atoms with Crippen molar-refractivity contribution in [3.63, 3.8) is 0 Å². The fraction of sp³-hybridized carbons (Fsp3) is 0.235. The van der Waals surface area contributed by atoms with E-state index in [4.69, 9.17) is 4.74 Å². The standard InChI is InChI=1S/C17H18FNO2S/c1-2-21-11-13-5-3-4-6-16(13)19-17(20)12-22-15-9-7-14(18)8-10-15/h3-10H,2,11-12H2,1H3,(H,19,20). The summed E-state index contributed by atoms with van der Waals surface area (Å²) in [6, 6.07) is 13.7. The zero-order chi connectivity index (χ0) is 15.8. The van der Waals surface area contributed by atoms with Crippen LogP contribution >= 0.6 is 11.8 Å². The average molecular weight is 319 g/mol. The summed E-state index contributed by atoms with van der Waals surface area (Å²) in [6.07, 6.45) is 0. The first-order valence-electron chi connectivity index (χ1n) is 7.03. The monoisotopic (exact) mass is 319 g/mol. The fourth-order valence-electron chi connectivity index (χ4n) is 1.85. The van der Waals surface area contributed by atoms with Crippen LogP contribution in [0.2, 0.25) is 0 Å². The molecule has 1 amide bonds. The predicted octanol–water partition coefficient (Wildman–Crippen LogP) is 4.09. The SMILES string of the molecule is CCOCc1ccccc1NC(=O)CSc1ccc(F)cc1. The van der Waals surface area contributed by atoms with Gasteiger partial charge in [0.1, 0.15) is 5.82 Å². The Hall–Kier alpha value is -1.85. The number of nitrogens with one attached hydrogen (secondary N) is 1. The second-order valence-corrected chi connectivity index (χ2v) is 5.63. The van der Waals surface area contributed by atoms with E-state index in [0.717, 1.165) is 16.1 Å². The van der Waals surface area contributed by atoms with Crippen molar-refractivity contribution in [2.75, 3.05) is 17.7 Å². The van der Waals surface area contributed by atoms with Crippen LogP contribution in [0.15, 0.2) is 53.4 Å². The zero-order valence-electron chi connectivity index (χ0n) is 12.3. The molecule has 0 saturated heterocycles. The Labute approximate surface area is 133 Å². The molecule has 2 aromatic rings. The molecule has 0 unspecified atom stereocenters. The van der Waals surface area contributed by atoms with Crippen molar-refractivity contribution in [1.82, 2.24) is 0 Å². The number of hydrogen-bond donors (Lipinski definition) is 1. The van der Waals surface area contributed by atoms with E-state index in [9.17, 15) is 9.18 Å². The Morgan fingerprint density at radius 1 is 1.18 bits per heavy atom. The van der Waals surface area contributed by atoms with Crippen LogP contribution in [0.1, 0.15) is 12.5 Å². The molecule has 3 nitrogen and oxygen atoms in total. The fourth-order valence-corrected chi connectivity index (χ4v) is 2.54. The van der Waals surface area contributed by atoms with Gasteiger partial charge in [-0.05, 0) is 37.3 Å². The molecule has 2 aromatic carbocycles. The van der Waals surface area contributed by atoms with E-state index in [1.807, 2.05) is 31.2 Å². The van der Waals surface area contributed by atoms with Crippen LogP contribution in [0.3, 0.4) is 0 Å². The number of ether oxygens (including phenoxy) is 1. The number of carbonyl (C=O) groups excluding carboxylic acids is 1. The van der Waals surface area contributed by atoms with Gasteiger partial charge in [-0.1, -0.05) is 18.2 Å². The van der Waals surface area contributed by atoms with Gasteiger partial charge in [0.2, 0.25) is 5.91 Å². The van der Waals surface area contributed by atoms with Crippen molar-refractivity contribution in [2.24, 2.45) is 0 Å². The first-order valence-corrected chi connectivity index (χ1v) is 8.01. The first kappa shape index (κ1) is 16.5. The second kappa shape index (κ2) is 8.56. The number of thioether (sulfide) groups is 1. The molecule has 5 heteroatoms. The molecule has 0 aliphatic carbocycles. The highest BCUT2D eigenvalue weighted by molar-refractivity contribution is 8.00. The normalized spacial score (nSPS) is 10.5. The summed E-state index contributed by atoms with van der Waals surface area (Å²) >= 11 is 1.37. The minimum atomic E-state index is -0.279. The Kier molecular flexibility index (Phi) is 6.43. The van der Waals surface area contributed by atoms with Crippen LogP contribution in [0.4, 0.5) is 10.1 Å². The molecule has 0 aliphatic heterocycles. The van der Waals surface area contributed by atoms with Crippen LogP contribution in [-0.4, -0.2) is 18.3 Å². The lowest BCUT2D eigenvalue weighted by molar-refractivity contribution is -0.113. The molecular weight excluding hydrogens is 301 g/mol. The summed E-state index contributed by atoms with van der Waals surface area (Å²) in [6.45, 7) is 3.03. The average Bonchev–Trinajstić information content (AvgIpc) is 2.53. The number of para-hydroxylation sites is 1. The summed E-state index contributed by atoms with van der Waals surface area (Å²) < 4.78 is 18.2. The van der Waals surface area contributed by atoms with Crippen molar-refractivity contribution < 1.29 is 13.9 Å². The quantitative estimate of drug-likeness (QED) is 0.781. The third-order valence-corrected chi connectivity index (χ3v) is 3.95. The maximum atomic E-state index is 12.8. The van der Waals surface area contributed by atoms with Crippen LogP contribution in [0, 0.1) is 5.82 Å². The molecule has 0 saturated carbocycles. The number of anilines is 1. The van der Waals surface area contributed by atoms with Gasteiger partial charge < -0.3 is 10.1 Å². The molecule has 116 valence electrons. The molecule has 0 heterocycles. The Morgan fingerprint density at radius 2 is 1.91 bits per heavy atom. The van der Waals surface area contributed by atoms with Crippen molar-refractivity contribution >= 4 is 23.4 Å². The molecule has 0 radical (unpaired) electrons. The van der Waals surface area contributed by atoms with Gasteiger partial charge in [0.05, 0.1) is 12.4 Å². The summed E-state index contributed by atoms with van der Waals surface area (Å²) in [4.78, 5) is 12.9. The molecule has 22 heavy (non-hydrogen) atoms. The molecule has 1 N–H and O–H groups in total. The zero-order valence-corrected chi connectivity index (χ0v) is 13.2. The highest BCUT2D eigenvalue weighted by Gasteiger charge is 2.07. The first-order chi connectivity index (χ1) is 10.7. The lowest BCUT2D eigenvalue weighted by Gasteiger charge is -2.11. The Balaban J connectivity index is 1.90. The van der Waals surface area contributed by atoms with E-state index in [1.165, 1.54) is 23.9 Å². The van der Waals surface area contributed by atoms with Crippen molar-refractivity contribution in [3.8, 4) is 0 Å². The molecule has 0 aromatic heterocycles. The third-order valence-electron chi connectivity index (χ3n) is 2.94. The van der Waals surface area contributed by atoms with Crippen molar-refractivity contribution in [2.45, 2.75) is 18.4 Å². The molecule has 0 aliphatic rings. The van der Waals surface area contributed by atoms with Gasteiger partial charge in [0.15, 0.2) is 0 Å². The Morgan fingerprint density at radius 3 is 2.64 bits per heavy atom. The minimum Gasteiger partial charge on any atom is -0.377 e. The topological polar surface area (TPSA) is 38.3 Å². The van der Waals surface area contributed by atoms with E-state index in [-0.39, 0.29) is 17.5 Å². The maximum Gasteiger partial charge on any atom is 0.234 e. The van der Waals surface area contributed by atoms with E-state index in [1.54, 1.807) is 12.1 Å². The number of carbonyl (C=O) groups is 1. The number of amides is 1. The van der Waals surface area contributed by atoms with E-state index < -0.39 is 0 Å². The number of rotatable bonds is 7. The predicted molar refractivity (Wildman–Crippen MR) is 87.5 cm³/mol. The van der Waals surface area contributed by atoms with Gasteiger partial charge in [0, 0.05) is 22.8 Å². The number of benzene rings is 2. The van der Waals surface area contributed by atoms with Gasteiger partial charge in [-0.25, -0.2) is 4.39 Å². The van der Waals surface area contributed by atoms with Crippen molar-refractivity contribution in [3.05, 3.63) is 59.9 Å². The summed E-state index contributed by atoms with van der Waals surface area (Å²) in [5, 5.41) is 2.89. The smallest absolute Gasteiger partial charge is 0.234 e. The van der Waals surface area contributed by atoms with Crippen LogP contribution in [-0.2, 0) is 16.1 Å². The molecule has 0 fully saturated rings. The Bertz CT molecular complexity index is 616. The molecule has 0 spiro atoms. The van der Waals surface area contributed by atoms with E-state index >= 15 is 0 Å². The molecular formula is C17H18FNO2S. The van der Waals surface area contributed by atoms with Crippen LogP contribution < -0.4 is 5.32 Å². The largest absolute Gasteiger partial charge is 0.377 e. The molecule has 0 bridgehead atoms. The van der Waals surface area contributed by atoms with Crippen LogP contribution in [0.5, 0.6) is 0 Å². The molecule has 2 rings (SSSR count). The second-order valence-electron chi connectivity index (χ2n) is 4.59. The lowest BCUT2D eigenvalue weighted by atomic mass is 10.2. The van der Waals surface area contributed by atoms with Gasteiger partial charge >= 0.3 is 0 Å². The van der Waals surface area contributed by atoms with Crippen molar-refractivity contribution in [1.29, 1.82) is 0 Å². The highest BCUT2D eigenvalue weighted by Crippen LogP contribution is 2.20. The summed E-state index contributed by atoms with van der Waals surface area (Å²) in [5.74, 6) is -0.105. The van der Waals surface area contributed by atoms with Gasteiger partial charge in [0.25, 0.3) is 0 Å². The maximum absolute atomic E-state index is 12.8. The van der Waals surface area contributed by atoms with E-state index in [2.05, 4.69) is 5.32 Å². The lowest BCUT2D eigenvalue weighted by Crippen LogP contribution is -2.15. The number of halogens is 1. The third kappa shape index (κ3) is 5.16. The van der Waals surface area contributed by atoms with Gasteiger partial charge in [-0.3, -0.25) is 4.79 Å².